The van der Waals surface area contributed by atoms with E-state index >= 15 is 0 Å². The molecule has 4 rings (SSSR count). The van der Waals surface area contributed by atoms with E-state index in [1.54, 1.807) is 53.4 Å². The zero-order valence-electron chi connectivity index (χ0n) is 16.4. The van der Waals surface area contributed by atoms with E-state index in [-0.39, 0.29) is 18.3 Å². The highest BCUT2D eigenvalue weighted by Crippen LogP contribution is 2.18. The van der Waals surface area contributed by atoms with Crippen LogP contribution in [0.4, 0.5) is 0 Å². The van der Waals surface area contributed by atoms with Gasteiger partial charge in [0, 0.05) is 24.2 Å². The first kappa shape index (κ1) is 19.6. The molecule has 0 saturated carbocycles. The third-order valence-corrected chi connectivity index (χ3v) is 5.23. The molecule has 3 aromatic carbocycles. The van der Waals surface area contributed by atoms with Crippen LogP contribution in [0.5, 0.6) is 0 Å². The Bertz CT molecular complexity index is 1070. The molecule has 0 unspecified atom stereocenters. The second-order valence-electron chi connectivity index (χ2n) is 7.18. The van der Waals surface area contributed by atoms with E-state index in [0.29, 0.717) is 29.8 Å². The first-order chi connectivity index (χ1) is 14.6. The number of rotatable bonds is 5. The minimum Gasteiger partial charge on any atom is -0.452 e. The summed E-state index contributed by atoms with van der Waals surface area (Å²) in [5.74, 6) is -0.913. The van der Waals surface area contributed by atoms with E-state index in [2.05, 4.69) is 6.07 Å². The van der Waals surface area contributed by atoms with Crippen molar-refractivity contribution in [3.05, 3.63) is 107 Å². The summed E-state index contributed by atoms with van der Waals surface area (Å²) in [5, 5.41) is 0. The quantitative estimate of drug-likeness (QED) is 0.485. The normalized spacial score (nSPS) is 12.7. The van der Waals surface area contributed by atoms with Gasteiger partial charge < -0.3 is 9.64 Å². The van der Waals surface area contributed by atoms with Crippen molar-refractivity contribution in [2.75, 3.05) is 13.2 Å². The van der Waals surface area contributed by atoms with Crippen LogP contribution in [-0.4, -0.2) is 35.7 Å². The molecule has 5 heteroatoms. The Balaban J connectivity index is 1.33. The van der Waals surface area contributed by atoms with Crippen LogP contribution in [-0.2, 0) is 22.5 Å². The highest BCUT2D eigenvalue weighted by Gasteiger charge is 2.21. The summed E-state index contributed by atoms with van der Waals surface area (Å²) < 4.78 is 5.20. The van der Waals surface area contributed by atoms with Crippen molar-refractivity contribution >= 4 is 17.7 Å². The fraction of sp³-hybridized carbons (Fsp3) is 0.160. The zero-order valence-corrected chi connectivity index (χ0v) is 16.4. The first-order valence-electron chi connectivity index (χ1n) is 9.83. The number of benzene rings is 3. The molecule has 5 nitrogen and oxygen atoms in total. The van der Waals surface area contributed by atoms with Crippen LogP contribution in [0.3, 0.4) is 0 Å². The van der Waals surface area contributed by atoms with Gasteiger partial charge in [0.15, 0.2) is 12.4 Å². The van der Waals surface area contributed by atoms with Gasteiger partial charge in [0.2, 0.25) is 0 Å². The van der Waals surface area contributed by atoms with Crippen LogP contribution < -0.4 is 0 Å². The Morgan fingerprint density at radius 1 is 0.733 bits per heavy atom. The van der Waals surface area contributed by atoms with Crippen molar-refractivity contribution in [2.45, 2.75) is 13.0 Å². The van der Waals surface area contributed by atoms with Crippen LogP contribution in [0.1, 0.15) is 37.4 Å². The molecule has 0 spiro atoms. The van der Waals surface area contributed by atoms with Crippen LogP contribution in [0.2, 0.25) is 0 Å². The minimum absolute atomic E-state index is 0.115. The number of ether oxygens (including phenoxy) is 1. The Morgan fingerprint density at radius 2 is 1.33 bits per heavy atom. The molecule has 0 aromatic heterocycles. The summed E-state index contributed by atoms with van der Waals surface area (Å²) in [4.78, 5) is 38.9. The SMILES string of the molecule is O=C(OCC(=O)N1CCc2ccccc2C1)c1ccc(C(=O)c2ccccc2)cc1. The number of fused-ring (bicyclic) bond motifs is 1. The van der Waals surface area contributed by atoms with Gasteiger partial charge in [-0.05, 0) is 29.7 Å². The predicted molar refractivity (Wildman–Crippen MR) is 112 cm³/mol. The molecule has 30 heavy (non-hydrogen) atoms. The van der Waals surface area contributed by atoms with Gasteiger partial charge in [-0.3, -0.25) is 9.59 Å². The molecular formula is C25H21NO4. The lowest BCUT2D eigenvalue weighted by Gasteiger charge is -2.28. The van der Waals surface area contributed by atoms with Crippen LogP contribution in [0.25, 0.3) is 0 Å². The Labute approximate surface area is 174 Å². The maximum atomic E-state index is 12.4. The van der Waals surface area contributed by atoms with Gasteiger partial charge >= 0.3 is 5.97 Å². The molecular weight excluding hydrogens is 378 g/mol. The number of hydrogen-bond acceptors (Lipinski definition) is 4. The van der Waals surface area contributed by atoms with Crippen molar-refractivity contribution in [3.63, 3.8) is 0 Å². The van der Waals surface area contributed by atoms with Gasteiger partial charge in [-0.2, -0.15) is 0 Å². The van der Waals surface area contributed by atoms with Gasteiger partial charge in [0.1, 0.15) is 0 Å². The molecule has 0 N–H and O–H groups in total. The number of hydrogen-bond donors (Lipinski definition) is 0. The molecule has 0 atom stereocenters. The third-order valence-electron chi connectivity index (χ3n) is 5.23. The van der Waals surface area contributed by atoms with Crippen LogP contribution in [0.15, 0.2) is 78.9 Å². The number of esters is 1. The molecule has 1 amide bonds. The molecule has 0 aliphatic carbocycles. The van der Waals surface area contributed by atoms with Crippen molar-refractivity contribution in [1.82, 2.24) is 4.90 Å². The average molecular weight is 399 g/mol. The number of carbonyl (C=O) groups excluding carboxylic acids is 3. The lowest BCUT2D eigenvalue weighted by molar-refractivity contribution is -0.135. The van der Waals surface area contributed by atoms with E-state index in [0.717, 1.165) is 12.0 Å². The van der Waals surface area contributed by atoms with E-state index < -0.39 is 5.97 Å². The summed E-state index contributed by atoms with van der Waals surface area (Å²) in [5.41, 5.74) is 3.75. The summed E-state index contributed by atoms with van der Waals surface area (Å²) in [6.07, 6.45) is 0.798. The Morgan fingerprint density at radius 3 is 2.07 bits per heavy atom. The van der Waals surface area contributed by atoms with Gasteiger partial charge in [0.25, 0.3) is 5.91 Å². The lowest BCUT2D eigenvalue weighted by Crippen LogP contribution is -2.38. The largest absolute Gasteiger partial charge is 0.452 e. The summed E-state index contributed by atoms with van der Waals surface area (Å²) in [6.45, 7) is 0.845. The molecule has 0 saturated heterocycles. The van der Waals surface area contributed by atoms with E-state index in [1.807, 2.05) is 24.3 Å². The molecule has 3 aromatic rings. The molecule has 1 heterocycles. The van der Waals surface area contributed by atoms with Crippen molar-refractivity contribution in [3.8, 4) is 0 Å². The van der Waals surface area contributed by atoms with Gasteiger partial charge in [-0.25, -0.2) is 4.79 Å². The summed E-state index contributed by atoms with van der Waals surface area (Å²) in [6, 6.07) is 23.3. The Kier molecular flexibility index (Phi) is 5.70. The number of nitrogens with zero attached hydrogens (tertiary/aromatic N) is 1. The van der Waals surface area contributed by atoms with E-state index in [4.69, 9.17) is 4.74 Å². The lowest BCUT2D eigenvalue weighted by atomic mass is 10.00. The highest BCUT2D eigenvalue weighted by molar-refractivity contribution is 6.09. The van der Waals surface area contributed by atoms with Crippen molar-refractivity contribution < 1.29 is 19.1 Å². The fourth-order valence-corrected chi connectivity index (χ4v) is 3.52. The molecule has 0 fully saturated rings. The molecule has 1 aliphatic rings. The monoisotopic (exact) mass is 399 g/mol. The number of carbonyl (C=O) groups is 3. The highest BCUT2D eigenvalue weighted by atomic mass is 16.5. The van der Waals surface area contributed by atoms with Crippen molar-refractivity contribution in [1.29, 1.82) is 0 Å². The maximum Gasteiger partial charge on any atom is 0.338 e. The fourth-order valence-electron chi connectivity index (χ4n) is 3.52. The second kappa shape index (κ2) is 8.74. The molecule has 0 radical (unpaired) electrons. The second-order valence-corrected chi connectivity index (χ2v) is 7.18. The van der Waals surface area contributed by atoms with E-state index in [9.17, 15) is 14.4 Å². The number of ketones is 1. The first-order valence-corrected chi connectivity index (χ1v) is 9.83. The van der Waals surface area contributed by atoms with E-state index in [1.165, 1.54) is 5.56 Å². The molecule has 1 aliphatic heterocycles. The standard InChI is InChI=1S/C25H21NO4/c27-23(26-15-14-18-6-4-5-9-22(18)16-26)17-30-25(29)21-12-10-20(11-13-21)24(28)19-7-2-1-3-8-19/h1-13H,14-17H2. The van der Waals surface area contributed by atoms with Gasteiger partial charge in [-0.15, -0.1) is 0 Å². The van der Waals surface area contributed by atoms with Crippen molar-refractivity contribution in [2.24, 2.45) is 0 Å². The van der Waals surface area contributed by atoms with Gasteiger partial charge in [-0.1, -0.05) is 66.7 Å². The Hall–Kier alpha value is -3.73. The maximum absolute atomic E-state index is 12.4. The minimum atomic E-state index is -0.584. The van der Waals surface area contributed by atoms with Crippen LogP contribution >= 0.6 is 0 Å². The molecule has 150 valence electrons. The van der Waals surface area contributed by atoms with Gasteiger partial charge in [0.05, 0.1) is 5.56 Å². The topological polar surface area (TPSA) is 63.7 Å². The van der Waals surface area contributed by atoms with Crippen LogP contribution in [0, 0.1) is 0 Å². The smallest absolute Gasteiger partial charge is 0.338 e. The average Bonchev–Trinajstić information content (AvgIpc) is 2.82. The molecule has 0 bridgehead atoms. The zero-order chi connectivity index (χ0) is 20.9. The third kappa shape index (κ3) is 4.30. The summed E-state index contributed by atoms with van der Waals surface area (Å²) >= 11 is 0. The number of amides is 1. The summed E-state index contributed by atoms with van der Waals surface area (Å²) in [7, 11) is 0. The predicted octanol–water partition coefficient (Wildman–Crippen LogP) is 3.66.